The first-order chi connectivity index (χ1) is 9.52. The highest BCUT2D eigenvalue weighted by atomic mass is 19.1. The third-order valence-electron chi connectivity index (χ3n) is 3.66. The molecule has 4 heteroatoms. The molecule has 0 fully saturated rings. The number of benzene rings is 2. The molecule has 1 unspecified atom stereocenters. The van der Waals surface area contributed by atoms with Crippen LogP contribution >= 0.6 is 0 Å². The smallest absolute Gasteiger partial charge is 0.318 e. The average Bonchev–Trinajstić information content (AvgIpc) is 2.45. The van der Waals surface area contributed by atoms with Crippen LogP contribution in [0, 0.1) is 5.82 Å². The lowest BCUT2D eigenvalue weighted by Gasteiger charge is -2.29. The molecule has 0 aliphatic heterocycles. The fraction of sp³-hybridized carbons (Fsp3) is 0.188. The van der Waals surface area contributed by atoms with E-state index in [9.17, 15) is 14.3 Å². The summed E-state index contributed by atoms with van der Waals surface area (Å²) in [5.41, 5.74) is 5.23. The highest BCUT2D eigenvalue weighted by Gasteiger charge is 2.40. The van der Waals surface area contributed by atoms with E-state index in [1.54, 1.807) is 37.3 Å². The van der Waals surface area contributed by atoms with Crippen LogP contribution in [0.5, 0.6) is 0 Å². The molecule has 0 aromatic heterocycles. The molecule has 0 radical (unpaired) electrons. The van der Waals surface area contributed by atoms with Crippen LogP contribution in [0.3, 0.4) is 0 Å². The number of hydrogen-bond donors (Lipinski definition) is 2. The number of nitrogen functional groups attached to an aromatic ring is 1. The minimum Gasteiger partial charge on any atom is -0.480 e. The Kier molecular flexibility index (Phi) is 3.74. The van der Waals surface area contributed by atoms with E-state index >= 15 is 0 Å². The molecule has 2 rings (SSSR count). The number of nitrogens with two attached hydrogens (primary N) is 1. The van der Waals surface area contributed by atoms with Gasteiger partial charge in [0.15, 0.2) is 0 Å². The number of carboxylic acids is 1. The predicted octanol–water partition coefficient (Wildman–Crippen LogP) is 3.19. The Balaban J connectivity index is 2.69. The quantitative estimate of drug-likeness (QED) is 0.841. The molecular formula is C16H16FNO2. The van der Waals surface area contributed by atoms with Gasteiger partial charge in [0.05, 0.1) is 5.69 Å². The summed E-state index contributed by atoms with van der Waals surface area (Å²) in [7, 11) is 0. The monoisotopic (exact) mass is 273 g/mol. The Bertz CT molecular complexity index is 628. The number of hydrogen-bond acceptors (Lipinski definition) is 2. The van der Waals surface area contributed by atoms with Crippen molar-refractivity contribution in [3.05, 3.63) is 65.5 Å². The SMILES string of the molecule is CCC(C(=O)O)(c1ccccc1)c1ccc(N)c(F)c1. The van der Waals surface area contributed by atoms with E-state index in [1.807, 2.05) is 6.07 Å². The van der Waals surface area contributed by atoms with Crippen LogP contribution in [0.25, 0.3) is 0 Å². The maximum Gasteiger partial charge on any atom is 0.318 e. The third kappa shape index (κ3) is 2.13. The van der Waals surface area contributed by atoms with Gasteiger partial charge in [-0.15, -0.1) is 0 Å². The van der Waals surface area contributed by atoms with Crippen molar-refractivity contribution in [3.8, 4) is 0 Å². The second-order valence-electron chi connectivity index (χ2n) is 4.67. The molecule has 0 spiro atoms. The maximum atomic E-state index is 13.7. The molecule has 3 N–H and O–H groups in total. The molecule has 1 atom stereocenters. The summed E-state index contributed by atoms with van der Waals surface area (Å²) >= 11 is 0. The highest BCUT2D eigenvalue weighted by molar-refractivity contribution is 5.86. The maximum absolute atomic E-state index is 13.7. The summed E-state index contributed by atoms with van der Waals surface area (Å²) in [4.78, 5) is 11.9. The zero-order valence-corrected chi connectivity index (χ0v) is 11.1. The summed E-state index contributed by atoms with van der Waals surface area (Å²) in [5, 5.41) is 9.74. The van der Waals surface area contributed by atoms with Gasteiger partial charge in [-0.05, 0) is 29.7 Å². The van der Waals surface area contributed by atoms with Gasteiger partial charge in [0.1, 0.15) is 11.2 Å². The Labute approximate surface area is 116 Å². The van der Waals surface area contributed by atoms with Crippen molar-refractivity contribution in [1.29, 1.82) is 0 Å². The van der Waals surface area contributed by atoms with E-state index in [0.29, 0.717) is 17.5 Å². The van der Waals surface area contributed by atoms with Crippen LogP contribution in [-0.2, 0) is 10.2 Å². The van der Waals surface area contributed by atoms with Gasteiger partial charge in [-0.2, -0.15) is 0 Å². The molecule has 2 aromatic carbocycles. The van der Waals surface area contributed by atoms with Gasteiger partial charge < -0.3 is 10.8 Å². The molecule has 0 aliphatic rings. The van der Waals surface area contributed by atoms with Gasteiger partial charge in [0, 0.05) is 0 Å². The number of aliphatic carboxylic acids is 1. The Hall–Kier alpha value is -2.36. The van der Waals surface area contributed by atoms with Gasteiger partial charge in [-0.25, -0.2) is 4.39 Å². The van der Waals surface area contributed by atoms with Crippen LogP contribution in [0.2, 0.25) is 0 Å². The second-order valence-corrected chi connectivity index (χ2v) is 4.67. The summed E-state index contributed by atoms with van der Waals surface area (Å²) in [6.45, 7) is 1.77. The molecule has 0 heterocycles. The number of rotatable bonds is 4. The second kappa shape index (κ2) is 5.33. The van der Waals surface area contributed by atoms with E-state index in [1.165, 1.54) is 12.1 Å². The number of carboxylic acid groups (broad SMARTS) is 1. The molecule has 3 nitrogen and oxygen atoms in total. The highest BCUT2D eigenvalue weighted by Crippen LogP contribution is 2.37. The van der Waals surface area contributed by atoms with Gasteiger partial charge >= 0.3 is 5.97 Å². The van der Waals surface area contributed by atoms with Crippen molar-refractivity contribution >= 4 is 11.7 Å². The van der Waals surface area contributed by atoms with Crippen molar-refractivity contribution < 1.29 is 14.3 Å². The summed E-state index contributed by atoms with van der Waals surface area (Å²) in [6, 6.07) is 13.0. The van der Waals surface area contributed by atoms with Gasteiger partial charge in [-0.3, -0.25) is 4.79 Å². The van der Waals surface area contributed by atoms with E-state index < -0.39 is 17.2 Å². The molecule has 0 bridgehead atoms. The zero-order valence-electron chi connectivity index (χ0n) is 11.1. The lowest BCUT2D eigenvalue weighted by Crippen LogP contribution is -2.36. The van der Waals surface area contributed by atoms with Gasteiger partial charge in [0.2, 0.25) is 0 Å². The van der Waals surface area contributed by atoms with Crippen molar-refractivity contribution in [2.75, 3.05) is 5.73 Å². The fourth-order valence-corrected chi connectivity index (χ4v) is 2.49. The molecule has 0 saturated heterocycles. The van der Waals surface area contributed by atoms with Crippen LogP contribution in [0.15, 0.2) is 48.5 Å². The van der Waals surface area contributed by atoms with Crippen molar-refractivity contribution in [2.45, 2.75) is 18.8 Å². The Morgan fingerprint density at radius 2 is 1.85 bits per heavy atom. The van der Waals surface area contributed by atoms with E-state index in [2.05, 4.69) is 0 Å². The third-order valence-corrected chi connectivity index (χ3v) is 3.66. The number of halogens is 1. The average molecular weight is 273 g/mol. The lowest BCUT2D eigenvalue weighted by atomic mass is 9.72. The summed E-state index contributed by atoms with van der Waals surface area (Å²) in [5.74, 6) is -1.60. The largest absolute Gasteiger partial charge is 0.480 e. The molecular weight excluding hydrogens is 257 g/mol. The van der Waals surface area contributed by atoms with E-state index in [4.69, 9.17) is 5.73 Å². The van der Waals surface area contributed by atoms with Crippen LogP contribution in [-0.4, -0.2) is 11.1 Å². The predicted molar refractivity (Wildman–Crippen MR) is 76.0 cm³/mol. The van der Waals surface area contributed by atoms with Crippen LogP contribution < -0.4 is 5.73 Å². The van der Waals surface area contributed by atoms with E-state index in [0.717, 1.165) is 0 Å². The minimum absolute atomic E-state index is 0.0113. The molecule has 0 aliphatic carbocycles. The van der Waals surface area contributed by atoms with Crippen LogP contribution in [0.1, 0.15) is 24.5 Å². The molecule has 0 saturated carbocycles. The molecule has 20 heavy (non-hydrogen) atoms. The van der Waals surface area contributed by atoms with Crippen LogP contribution in [0.4, 0.5) is 10.1 Å². The van der Waals surface area contributed by atoms with Gasteiger partial charge in [0.25, 0.3) is 0 Å². The van der Waals surface area contributed by atoms with Crippen molar-refractivity contribution in [2.24, 2.45) is 0 Å². The summed E-state index contributed by atoms with van der Waals surface area (Å²) in [6.07, 6.45) is 0.315. The van der Waals surface area contributed by atoms with Gasteiger partial charge in [-0.1, -0.05) is 43.3 Å². The Morgan fingerprint density at radius 3 is 2.35 bits per heavy atom. The molecule has 0 amide bonds. The molecule has 2 aromatic rings. The first-order valence-electron chi connectivity index (χ1n) is 6.36. The number of carbonyl (C=O) groups is 1. The number of anilines is 1. The van der Waals surface area contributed by atoms with Crippen molar-refractivity contribution in [3.63, 3.8) is 0 Å². The molecule has 104 valence electrons. The standard InChI is InChI=1S/C16H16FNO2/c1-2-16(15(19)20,11-6-4-3-5-7-11)12-8-9-14(18)13(17)10-12/h3-10H,2,18H2,1H3,(H,19,20). The Morgan fingerprint density at radius 1 is 1.20 bits per heavy atom. The first kappa shape index (κ1) is 14.1. The van der Waals surface area contributed by atoms with Crippen molar-refractivity contribution in [1.82, 2.24) is 0 Å². The minimum atomic E-state index is -1.27. The topological polar surface area (TPSA) is 63.3 Å². The fourth-order valence-electron chi connectivity index (χ4n) is 2.49. The lowest BCUT2D eigenvalue weighted by molar-refractivity contribution is -0.142. The zero-order chi connectivity index (χ0) is 14.8. The normalized spacial score (nSPS) is 13.7. The first-order valence-corrected chi connectivity index (χ1v) is 6.36. The van der Waals surface area contributed by atoms with E-state index in [-0.39, 0.29) is 5.69 Å². The summed E-state index contributed by atoms with van der Waals surface area (Å²) < 4.78 is 13.7.